The van der Waals surface area contributed by atoms with Gasteiger partial charge in [0.1, 0.15) is 0 Å². The Morgan fingerprint density at radius 2 is 1.96 bits per heavy atom. The van der Waals surface area contributed by atoms with Crippen molar-refractivity contribution < 1.29 is 4.79 Å². The molecule has 128 valence electrons. The van der Waals surface area contributed by atoms with Gasteiger partial charge in [-0.25, -0.2) is 0 Å². The van der Waals surface area contributed by atoms with Crippen LogP contribution in [0.2, 0.25) is 0 Å². The molecule has 2 aromatic rings. The van der Waals surface area contributed by atoms with Gasteiger partial charge in [-0.05, 0) is 74.4 Å². The van der Waals surface area contributed by atoms with Crippen LogP contribution in [0.1, 0.15) is 66.6 Å². The number of rotatable bonds is 5. The zero-order valence-electron chi connectivity index (χ0n) is 14.5. The van der Waals surface area contributed by atoms with Crippen LogP contribution < -0.4 is 5.32 Å². The van der Waals surface area contributed by atoms with Crippen molar-refractivity contribution in [2.24, 2.45) is 5.92 Å². The summed E-state index contributed by atoms with van der Waals surface area (Å²) in [6.45, 7) is 2.18. The van der Waals surface area contributed by atoms with Crippen LogP contribution in [0.15, 0.2) is 24.4 Å². The molecule has 0 atom stereocenters. The summed E-state index contributed by atoms with van der Waals surface area (Å²) in [6, 6.07) is 6.28. The third kappa shape index (κ3) is 3.02. The van der Waals surface area contributed by atoms with Crippen LogP contribution in [-0.2, 0) is 12.8 Å². The third-order valence-corrected chi connectivity index (χ3v) is 5.86. The average molecular weight is 324 g/mol. The van der Waals surface area contributed by atoms with Gasteiger partial charge in [0, 0.05) is 18.1 Å². The highest BCUT2D eigenvalue weighted by Gasteiger charge is 2.25. The fraction of sp³-hybridized carbons (Fsp3) is 0.571. The van der Waals surface area contributed by atoms with E-state index in [0.29, 0.717) is 12.2 Å². The summed E-state index contributed by atoms with van der Waals surface area (Å²) in [6.07, 6.45) is 12.9. The summed E-state index contributed by atoms with van der Waals surface area (Å²) in [7, 11) is 0. The van der Waals surface area contributed by atoms with E-state index in [2.05, 4.69) is 28.0 Å². The number of nitrogens with one attached hydrogen (secondary N) is 1. The number of fused-ring (bicyclic) bond motifs is 3. The van der Waals surface area contributed by atoms with Gasteiger partial charge in [-0.1, -0.05) is 25.3 Å². The van der Waals surface area contributed by atoms with Gasteiger partial charge in [-0.15, -0.1) is 0 Å². The van der Waals surface area contributed by atoms with E-state index in [9.17, 15) is 4.79 Å². The highest BCUT2D eigenvalue weighted by molar-refractivity contribution is 5.99. The molecule has 0 bridgehead atoms. The van der Waals surface area contributed by atoms with E-state index in [1.807, 2.05) is 6.07 Å². The Balaban J connectivity index is 1.48. The molecule has 0 spiro atoms. The molecule has 0 aromatic carbocycles. The molecule has 1 fully saturated rings. The van der Waals surface area contributed by atoms with E-state index in [0.717, 1.165) is 44.0 Å². The van der Waals surface area contributed by atoms with Gasteiger partial charge in [-0.3, -0.25) is 4.79 Å². The summed E-state index contributed by atoms with van der Waals surface area (Å²) in [5.74, 6) is 1.19. The normalized spacial score (nSPS) is 18.9. The van der Waals surface area contributed by atoms with Gasteiger partial charge in [0.15, 0.2) is 5.78 Å². The number of carbonyl (C=O) groups is 1. The molecule has 2 aromatic heterocycles. The summed E-state index contributed by atoms with van der Waals surface area (Å²) in [5, 5.41) is 3.68. The Hall–Kier alpha value is -1.61. The van der Waals surface area contributed by atoms with Crippen LogP contribution >= 0.6 is 0 Å². The van der Waals surface area contributed by atoms with Crippen LogP contribution in [0.25, 0.3) is 5.52 Å². The largest absolute Gasteiger partial charge is 0.316 e. The SMILES string of the molecule is O=C1CCCc2c(CCNCC3CCCCC3)c3ccccn3c21. The zero-order valence-corrected chi connectivity index (χ0v) is 14.5. The lowest BCUT2D eigenvalue weighted by Gasteiger charge is -2.21. The molecule has 2 aliphatic rings. The standard InChI is InChI=1S/C21H28N2O/c24-20-11-6-9-18-17(19-10-4-5-14-23(19)21(18)20)12-13-22-15-16-7-2-1-3-8-16/h4-5,10,14,16,22H,1-3,6-9,11-13,15H2. The summed E-state index contributed by atoms with van der Waals surface area (Å²) in [4.78, 5) is 12.4. The summed E-state index contributed by atoms with van der Waals surface area (Å²) in [5.41, 5.74) is 4.91. The van der Waals surface area contributed by atoms with Crippen LogP contribution in [0.5, 0.6) is 0 Å². The average Bonchev–Trinajstić information content (AvgIpc) is 2.95. The predicted octanol–water partition coefficient (Wildman–Crippen LogP) is 4.17. The maximum Gasteiger partial charge on any atom is 0.179 e. The monoisotopic (exact) mass is 324 g/mol. The first kappa shape index (κ1) is 15.9. The van der Waals surface area contributed by atoms with Crippen molar-refractivity contribution in [1.29, 1.82) is 0 Å². The van der Waals surface area contributed by atoms with Crippen LogP contribution in [0, 0.1) is 5.92 Å². The van der Waals surface area contributed by atoms with Gasteiger partial charge in [0.25, 0.3) is 0 Å². The van der Waals surface area contributed by atoms with E-state index in [-0.39, 0.29) is 0 Å². The smallest absolute Gasteiger partial charge is 0.179 e. The fourth-order valence-corrected chi connectivity index (χ4v) is 4.63. The van der Waals surface area contributed by atoms with Crippen molar-refractivity contribution in [2.45, 2.75) is 57.8 Å². The maximum absolute atomic E-state index is 12.4. The number of hydrogen-bond donors (Lipinski definition) is 1. The van der Waals surface area contributed by atoms with Crippen molar-refractivity contribution in [3.63, 3.8) is 0 Å². The molecule has 0 saturated heterocycles. The Labute approximate surface area is 144 Å². The Morgan fingerprint density at radius 1 is 1.08 bits per heavy atom. The van der Waals surface area contributed by atoms with E-state index < -0.39 is 0 Å². The highest BCUT2D eigenvalue weighted by Crippen LogP contribution is 2.30. The Morgan fingerprint density at radius 3 is 2.83 bits per heavy atom. The Bertz CT molecular complexity index is 725. The zero-order chi connectivity index (χ0) is 16.4. The molecular formula is C21H28N2O. The Kier molecular flexibility index (Phi) is 4.70. The molecule has 0 unspecified atom stereocenters. The first-order chi connectivity index (χ1) is 11.8. The number of pyridine rings is 1. The molecule has 24 heavy (non-hydrogen) atoms. The second kappa shape index (κ2) is 7.10. The topological polar surface area (TPSA) is 33.5 Å². The second-order valence-electron chi connectivity index (χ2n) is 7.50. The number of hydrogen-bond acceptors (Lipinski definition) is 2. The summed E-state index contributed by atoms with van der Waals surface area (Å²) >= 11 is 0. The number of nitrogens with zero attached hydrogens (tertiary/aromatic N) is 1. The van der Waals surface area contributed by atoms with Crippen molar-refractivity contribution in [3.05, 3.63) is 41.2 Å². The molecule has 3 heteroatoms. The lowest BCUT2D eigenvalue weighted by atomic mass is 9.89. The van der Waals surface area contributed by atoms with Crippen molar-refractivity contribution >= 4 is 11.3 Å². The number of aromatic nitrogens is 1. The number of carbonyl (C=O) groups excluding carboxylic acids is 1. The molecule has 2 heterocycles. The predicted molar refractivity (Wildman–Crippen MR) is 97.8 cm³/mol. The van der Waals surface area contributed by atoms with E-state index in [1.165, 1.54) is 48.7 Å². The van der Waals surface area contributed by atoms with Gasteiger partial charge >= 0.3 is 0 Å². The molecule has 0 amide bonds. The van der Waals surface area contributed by atoms with E-state index in [1.54, 1.807) is 0 Å². The molecule has 1 saturated carbocycles. The lowest BCUT2D eigenvalue weighted by Crippen LogP contribution is -2.26. The number of ketones is 1. The molecule has 0 radical (unpaired) electrons. The van der Waals surface area contributed by atoms with Gasteiger partial charge < -0.3 is 9.72 Å². The van der Waals surface area contributed by atoms with E-state index in [4.69, 9.17) is 0 Å². The number of Topliss-reactive ketones (excluding diaryl/α,β-unsaturated/α-hetero) is 1. The molecule has 0 aliphatic heterocycles. The van der Waals surface area contributed by atoms with Crippen LogP contribution in [0.3, 0.4) is 0 Å². The highest BCUT2D eigenvalue weighted by atomic mass is 16.1. The van der Waals surface area contributed by atoms with Gasteiger partial charge in [0.05, 0.1) is 5.69 Å². The van der Waals surface area contributed by atoms with E-state index >= 15 is 0 Å². The van der Waals surface area contributed by atoms with Gasteiger partial charge in [-0.2, -0.15) is 0 Å². The first-order valence-corrected chi connectivity index (χ1v) is 9.69. The first-order valence-electron chi connectivity index (χ1n) is 9.69. The third-order valence-electron chi connectivity index (χ3n) is 5.86. The lowest BCUT2D eigenvalue weighted by molar-refractivity contribution is 0.0966. The van der Waals surface area contributed by atoms with Crippen molar-refractivity contribution in [3.8, 4) is 0 Å². The van der Waals surface area contributed by atoms with Crippen LogP contribution in [0.4, 0.5) is 0 Å². The molecular weight excluding hydrogens is 296 g/mol. The van der Waals surface area contributed by atoms with Crippen molar-refractivity contribution in [1.82, 2.24) is 9.72 Å². The quantitative estimate of drug-likeness (QED) is 0.838. The van der Waals surface area contributed by atoms with Crippen molar-refractivity contribution in [2.75, 3.05) is 13.1 Å². The fourth-order valence-electron chi connectivity index (χ4n) is 4.63. The molecule has 4 rings (SSSR count). The molecule has 2 aliphatic carbocycles. The minimum atomic E-state index is 0.318. The van der Waals surface area contributed by atoms with Crippen LogP contribution in [-0.4, -0.2) is 23.3 Å². The molecule has 3 nitrogen and oxygen atoms in total. The van der Waals surface area contributed by atoms with Gasteiger partial charge in [0.2, 0.25) is 0 Å². The minimum Gasteiger partial charge on any atom is -0.316 e. The molecule has 1 N–H and O–H groups in total. The second-order valence-corrected chi connectivity index (χ2v) is 7.50. The summed E-state index contributed by atoms with van der Waals surface area (Å²) < 4.78 is 2.13. The maximum atomic E-state index is 12.4. The minimum absolute atomic E-state index is 0.318.